The zero-order valence-electron chi connectivity index (χ0n) is 13.0. The lowest BCUT2D eigenvalue weighted by Gasteiger charge is -2.22. The van der Waals surface area contributed by atoms with Gasteiger partial charge in [-0.15, -0.1) is 0 Å². The molecule has 0 aromatic heterocycles. The number of nitrogens with zero attached hydrogens (tertiary/aromatic N) is 2. The van der Waals surface area contributed by atoms with Crippen LogP contribution in [0.25, 0.3) is 0 Å². The Morgan fingerprint density at radius 3 is 2.33 bits per heavy atom. The van der Waals surface area contributed by atoms with E-state index >= 15 is 0 Å². The lowest BCUT2D eigenvalue weighted by molar-refractivity contribution is -0.384. The molecule has 0 unspecified atom stereocenters. The second-order valence-electron chi connectivity index (χ2n) is 5.24. The molecule has 0 spiro atoms. The van der Waals surface area contributed by atoms with Crippen molar-refractivity contribution in [1.82, 2.24) is 4.90 Å². The number of nitrogen functional groups attached to an aromatic ring is 1. The molecule has 0 saturated heterocycles. The summed E-state index contributed by atoms with van der Waals surface area (Å²) in [5, 5.41) is 11.1. The second kappa shape index (κ2) is 9.31. The van der Waals surface area contributed by atoms with Crippen LogP contribution < -0.4 is 11.3 Å². The van der Waals surface area contributed by atoms with Crippen LogP contribution >= 0.6 is 0 Å². The quantitative estimate of drug-likeness (QED) is 0.393. The molecule has 0 bridgehead atoms. The number of unbranched alkanes of at least 4 members (excludes halogenated alkanes) is 2. The summed E-state index contributed by atoms with van der Waals surface area (Å²) in [7, 11) is 0. The van der Waals surface area contributed by atoms with E-state index in [0.717, 1.165) is 50.9 Å². The molecule has 0 saturated carbocycles. The zero-order valence-corrected chi connectivity index (χ0v) is 13.0. The van der Waals surface area contributed by atoms with Crippen molar-refractivity contribution < 1.29 is 4.92 Å². The third-order valence-corrected chi connectivity index (χ3v) is 3.48. The fraction of sp³-hybridized carbons (Fsp3) is 0.600. The van der Waals surface area contributed by atoms with Gasteiger partial charge in [-0.2, -0.15) is 0 Å². The number of hydrogen-bond donors (Lipinski definition) is 2. The van der Waals surface area contributed by atoms with Crippen LogP contribution in [0.3, 0.4) is 0 Å². The van der Waals surface area contributed by atoms with Gasteiger partial charge >= 0.3 is 0 Å². The summed E-state index contributed by atoms with van der Waals surface area (Å²) in [6, 6.07) is 5.18. The van der Waals surface area contributed by atoms with Gasteiger partial charge in [0.25, 0.3) is 5.69 Å². The average molecular weight is 294 g/mol. The number of nitro groups is 1. The number of rotatable bonds is 10. The zero-order chi connectivity index (χ0) is 15.7. The predicted molar refractivity (Wildman–Crippen MR) is 86.0 cm³/mol. The third-order valence-electron chi connectivity index (χ3n) is 3.48. The molecule has 0 heterocycles. The lowest BCUT2D eigenvalue weighted by atomic mass is 10.1. The van der Waals surface area contributed by atoms with E-state index in [0.29, 0.717) is 5.69 Å². The Morgan fingerprint density at radius 2 is 1.86 bits per heavy atom. The number of anilines is 1. The summed E-state index contributed by atoms with van der Waals surface area (Å²) in [6.07, 6.45) is 4.60. The molecule has 0 radical (unpaired) electrons. The molecule has 6 nitrogen and oxygen atoms in total. The van der Waals surface area contributed by atoms with Gasteiger partial charge in [0.05, 0.1) is 4.92 Å². The molecule has 0 atom stereocenters. The molecule has 0 aliphatic carbocycles. The molecular formula is C15H26N4O2. The van der Waals surface area contributed by atoms with Crippen LogP contribution in [0.15, 0.2) is 18.2 Å². The van der Waals surface area contributed by atoms with Crippen LogP contribution in [0.4, 0.5) is 11.4 Å². The minimum absolute atomic E-state index is 0.0286. The maximum absolute atomic E-state index is 11.1. The summed E-state index contributed by atoms with van der Waals surface area (Å²) < 4.78 is 0. The van der Waals surface area contributed by atoms with Gasteiger partial charge in [-0.25, -0.2) is 0 Å². The Bertz CT molecular complexity index is 443. The highest BCUT2D eigenvalue weighted by Gasteiger charge is 2.15. The maximum Gasteiger partial charge on any atom is 0.293 e. The van der Waals surface area contributed by atoms with Gasteiger partial charge < -0.3 is 5.43 Å². The maximum atomic E-state index is 11.1. The molecule has 1 aromatic rings. The Hall–Kier alpha value is -1.66. The normalized spacial score (nSPS) is 10.9. The molecule has 0 aliphatic heterocycles. The number of nitrogens with one attached hydrogen (secondary N) is 1. The van der Waals surface area contributed by atoms with Crippen molar-refractivity contribution in [2.24, 2.45) is 5.84 Å². The van der Waals surface area contributed by atoms with E-state index in [4.69, 9.17) is 5.84 Å². The fourth-order valence-electron chi connectivity index (χ4n) is 2.24. The summed E-state index contributed by atoms with van der Waals surface area (Å²) in [5.74, 6) is 5.31. The molecule has 0 fully saturated rings. The van der Waals surface area contributed by atoms with Gasteiger partial charge in [0, 0.05) is 12.6 Å². The van der Waals surface area contributed by atoms with Crippen LogP contribution in [0, 0.1) is 10.1 Å². The smallest absolute Gasteiger partial charge is 0.293 e. The highest BCUT2D eigenvalue weighted by molar-refractivity contribution is 5.61. The van der Waals surface area contributed by atoms with Crippen molar-refractivity contribution in [3.63, 3.8) is 0 Å². The molecule has 21 heavy (non-hydrogen) atoms. The Morgan fingerprint density at radius 1 is 1.24 bits per heavy atom. The van der Waals surface area contributed by atoms with Crippen LogP contribution in [0.1, 0.15) is 45.1 Å². The first kappa shape index (κ1) is 17.4. The van der Waals surface area contributed by atoms with Crippen molar-refractivity contribution >= 4 is 11.4 Å². The molecule has 0 aliphatic rings. The minimum Gasteiger partial charge on any atom is -0.318 e. The standard InChI is InChI=1S/C15H26N4O2/c1-3-5-9-18(10-6-4-2)12-13-7-8-14(17-16)15(11-13)19(20)21/h7-8,11,17H,3-6,9-10,12,16H2,1-2H3. The largest absolute Gasteiger partial charge is 0.318 e. The van der Waals surface area contributed by atoms with Crippen LogP contribution in [-0.2, 0) is 6.54 Å². The molecule has 1 rings (SSSR count). The number of nitro benzene ring substituents is 1. The highest BCUT2D eigenvalue weighted by atomic mass is 16.6. The second-order valence-corrected chi connectivity index (χ2v) is 5.24. The number of hydrogen-bond acceptors (Lipinski definition) is 5. The summed E-state index contributed by atoms with van der Waals surface area (Å²) >= 11 is 0. The van der Waals surface area contributed by atoms with Crippen molar-refractivity contribution in [1.29, 1.82) is 0 Å². The van der Waals surface area contributed by atoms with Gasteiger partial charge in [0.1, 0.15) is 5.69 Å². The van der Waals surface area contributed by atoms with Crippen molar-refractivity contribution in [3.05, 3.63) is 33.9 Å². The first-order valence-electron chi connectivity index (χ1n) is 7.58. The molecular weight excluding hydrogens is 268 g/mol. The van der Waals surface area contributed by atoms with Crippen molar-refractivity contribution in [2.45, 2.75) is 46.1 Å². The highest BCUT2D eigenvalue weighted by Crippen LogP contribution is 2.25. The van der Waals surface area contributed by atoms with Crippen molar-refractivity contribution in [2.75, 3.05) is 18.5 Å². The van der Waals surface area contributed by atoms with Gasteiger partial charge in [-0.3, -0.25) is 20.9 Å². The number of nitrogens with two attached hydrogens (primary N) is 1. The SMILES string of the molecule is CCCCN(CCCC)Cc1ccc(NN)c([N+](=O)[O-])c1. The first-order valence-corrected chi connectivity index (χ1v) is 7.58. The van der Waals surface area contributed by atoms with E-state index in [2.05, 4.69) is 24.2 Å². The Balaban J connectivity index is 2.82. The topological polar surface area (TPSA) is 84.4 Å². The third kappa shape index (κ3) is 5.69. The van der Waals surface area contributed by atoms with E-state index in [-0.39, 0.29) is 5.69 Å². The molecule has 6 heteroatoms. The van der Waals surface area contributed by atoms with Crippen LogP contribution in [0.5, 0.6) is 0 Å². The van der Waals surface area contributed by atoms with E-state index in [1.807, 2.05) is 6.07 Å². The summed E-state index contributed by atoms with van der Waals surface area (Å²) in [5.41, 5.74) is 3.70. The average Bonchev–Trinajstić information content (AvgIpc) is 2.49. The fourth-order valence-corrected chi connectivity index (χ4v) is 2.24. The minimum atomic E-state index is -0.402. The van der Waals surface area contributed by atoms with Gasteiger partial charge in [-0.1, -0.05) is 32.8 Å². The Kier molecular flexibility index (Phi) is 7.71. The van der Waals surface area contributed by atoms with Crippen LogP contribution in [-0.4, -0.2) is 22.9 Å². The van der Waals surface area contributed by atoms with E-state index < -0.39 is 4.92 Å². The molecule has 0 amide bonds. The number of hydrazine groups is 1. The van der Waals surface area contributed by atoms with Gasteiger partial charge in [-0.05, 0) is 37.6 Å². The van der Waals surface area contributed by atoms with Gasteiger partial charge in [0.15, 0.2) is 0 Å². The monoisotopic (exact) mass is 294 g/mol. The summed E-state index contributed by atoms with van der Waals surface area (Å²) in [6.45, 7) is 7.14. The lowest BCUT2D eigenvalue weighted by Crippen LogP contribution is -2.25. The van der Waals surface area contributed by atoms with Crippen molar-refractivity contribution in [3.8, 4) is 0 Å². The van der Waals surface area contributed by atoms with E-state index in [9.17, 15) is 10.1 Å². The Labute approximate surface area is 126 Å². The van der Waals surface area contributed by atoms with Gasteiger partial charge in [0.2, 0.25) is 0 Å². The van der Waals surface area contributed by atoms with E-state index in [1.54, 1.807) is 12.1 Å². The summed E-state index contributed by atoms with van der Waals surface area (Å²) in [4.78, 5) is 13.0. The molecule has 3 N–H and O–H groups in total. The van der Waals surface area contributed by atoms with E-state index in [1.165, 1.54) is 0 Å². The first-order chi connectivity index (χ1) is 10.1. The molecule has 118 valence electrons. The van der Waals surface area contributed by atoms with Crippen LogP contribution in [0.2, 0.25) is 0 Å². The predicted octanol–water partition coefficient (Wildman–Crippen LogP) is 3.28. The molecule has 1 aromatic carbocycles. The number of benzene rings is 1.